The SMILES string of the molecule is Cc1ccc(CC(=O)C2=C(CCCOc3cc(C)c(Cl)c(C)c3)c3ccc(Cl)c(-c4c(C)nn(C)c4C)c3C2)cc1. The van der Waals surface area contributed by atoms with Gasteiger partial charge in [0.05, 0.1) is 12.3 Å². The van der Waals surface area contributed by atoms with Gasteiger partial charge in [0.15, 0.2) is 5.78 Å². The summed E-state index contributed by atoms with van der Waals surface area (Å²) in [7, 11) is 1.95. The number of ketones is 1. The highest BCUT2D eigenvalue weighted by Crippen LogP contribution is 2.45. The van der Waals surface area contributed by atoms with Crippen molar-refractivity contribution in [2.24, 2.45) is 7.05 Å². The molecule has 0 bridgehead atoms. The van der Waals surface area contributed by atoms with Crippen molar-refractivity contribution in [2.45, 2.75) is 60.3 Å². The number of rotatable bonds is 9. The monoisotopic (exact) mass is 586 g/mol. The number of benzene rings is 3. The predicted octanol–water partition coefficient (Wildman–Crippen LogP) is 8.92. The first kappa shape index (κ1) is 29.2. The topological polar surface area (TPSA) is 44.1 Å². The summed E-state index contributed by atoms with van der Waals surface area (Å²) in [6, 6.07) is 16.2. The molecule has 0 saturated carbocycles. The number of hydrogen-bond donors (Lipinski definition) is 0. The molecule has 1 aliphatic rings. The van der Waals surface area contributed by atoms with Gasteiger partial charge in [-0.2, -0.15) is 5.10 Å². The number of hydrogen-bond acceptors (Lipinski definition) is 3. The van der Waals surface area contributed by atoms with Crippen LogP contribution < -0.4 is 4.74 Å². The Kier molecular flexibility index (Phi) is 8.45. The first-order chi connectivity index (χ1) is 19.5. The Labute approximate surface area is 253 Å². The fourth-order valence-electron chi connectivity index (χ4n) is 5.92. The number of halogens is 2. The number of carbonyl (C=O) groups excluding carboxylic acids is 1. The number of ether oxygens (including phenoxy) is 1. The van der Waals surface area contributed by atoms with Crippen molar-refractivity contribution in [1.29, 1.82) is 0 Å². The fourth-order valence-corrected chi connectivity index (χ4v) is 6.30. The average Bonchev–Trinajstić information content (AvgIpc) is 3.42. The van der Waals surface area contributed by atoms with Crippen LogP contribution in [0.5, 0.6) is 5.75 Å². The second-order valence-corrected chi connectivity index (χ2v) is 11.9. The molecule has 0 aliphatic heterocycles. The summed E-state index contributed by atoms with van der Waals surface area (Å²) in [6.07, 6.45) is 2.45. The minimum absolute atomic E-state index is 0.159. The van der Waals surface area contributed by atoms with E-state index in [1.54, 1.807) is 0 Å². The van der Waals surface area contributed by atoms with Gasteiger partial charge in [0, 0.05) is 52.3 Å². The van der Waals surface area contributed by atoms with Gasteiger partial charge >= 0.3 is 0 Å². The Balaban J connectivity index is 1.47. The highest BCUT2D eigenvalue weighted by Gasteiger charge is 2.30. The summed E-state index contributed by atoms with van der Waals surface area (Å²) in [5.74, 6) is 0.976. The number of aryl methyl sites for hydroxylation is 5. The molecule has 212 valence electrons. The first-order valence-corrected chi connectivity index (χ1v) is 14.8. The van der Waals surface area contributed by atoms with Gasteiger partial charge in [0.1, 0.15) is 5.75 Å². The normalized spacial score (nSPS) is 12.7. The zero-order chi connectivity index (χ0) is 29.4. The van der Waals surface area contributed by atoms with Crippen LogP contribution in [0.15, 0.2) is 54.1 Å². The number of Topliss-reactive ketones (excluding diaryl/α,β-unsaturated/α-hetero) is 1. The van der Waals surface area contributed by atoms with Gasteiger partial charge in [-0.1, -0.05) is 59.1 Å². The Hall–Kier alpha value is -3.34. The van der Waals surface area contributed by atoms with Crippen LogP contribution in [0.3, 0.4) is 0 Å². The zero-order valence-electron chi connectivity index (χ0n) is 24.6. The molecule has 0 atom stereocenters. The number of nitrogens with zero attached hydrogens (tertiary/aromatic N) is 2. The molecule has 4 nitrogen and oxygen atoms in total. The van der Waals surface area contributed by atoms with Crippen molar-refractivity contribution in [1.82, 2.24) is 9.78 Å². The van der Waals surface area contributed by atoms with E-state index in [0.717, 1.165) is 85.1 Å². The number of allylic oxidation sites excluding steroid dienone is 2. The van der Waals surface area contributed by atoms with Crippen molar-refractivity contribution in [3.63, 3.8) is 0 Å². The van der Waals surface area contributed by atoms with Gasteiger partial charge in [-0.25, -0.2) is 0 Å². The molecule has 5 rings (SSSR count). The molecule has 0 fully saturated rings. The highest BCUT2D eigenvalue weighted by atomic mass is 35.5. The molecule has 0 N–H and O–H groups in total. The molecular weight excluding hydrogens is 551 g/mol. The maximum absolute atomic E-state index is 13.9. The molecule has 0 amide bonds. The smallest absolute Gasteiger partial charge is 0.163 e. The standard InChI is InChI=1S/C35H36Cl2N2O2/c1-20-9-11-25(12-10-20)18-32(40)29-19-30-28(13-14-31(36)34(30)33-23(4)38-39(6)24(33)5)27(29)8-7-15-41-26-16-21(2)35(37)22(3)17-26/h9-14,16-17H,7-8,15,18-19H2,1-6H3. The van der Waals surface area contributed by atoms with Crippen LogP contribution in [0.25, 0.3) is 16.7 Å². The van der Waals surface area contributed by atoms with Crippen LogP contribution in [0.2, 0.25) is 10.0 Å². The Morgan fingerprint density at radius 3 is 2.27 bits per heavy atom. The minimum atomic E-state index is 0.159. The third-order valence-corrected chi connectivity index (χ3v) is 9.05. The Morgan fingerprint density at radius 2 is 1.63 bits per heavy atom. The quantitative estimate of drug-likeness (QED) is 0.184. The van der Waals surface area contributed by atoms with Gasteiger partial charge in [0.25, 0.3) is 0 Å². The third-order valence-electron chi connectivity index (χ3n) is 8.14. The van der Waals surface area contributed by atoms with Gasteiger partial charge in [-0.15, -0.1) is 0 Å². The predicted molar refractivity (Wildman–Crippen MR) is 169 cm³/mol. The van der Waals surface area contributed by atoms with Gasteiger partial charge in [-0.3, -0.25) is 9.48 Å². The Morgan fingerprint density at radius 1 is 0.951 bits per heavy atom. The average molecular weight is 588 g/mol. The highest BCUT2D eigenvalue weighted by molar-refractivity contribution is 6.34. The van der Waals surface area contributed by atoms with Crippen LogP contribution in [0.4, 0.5) is 0 Å². The summed E-state index contributed by atoms with van der Waals surface area (Å²) >= 11 is 13.2. The van der Waals surface area contributed by atoms with Crippen molar-refractivity contribution >= 4 is 34.6 Å². The second-order valence-electron chi connectivity index (χ2n) is 11.2. The molecule has 3 aromatic carbocycles. The molecule has 4 aromatic rings. The summed E-state index contributed by atoms with van der Waals surface area (Å²) < 4.78 is 8.01. The van der Waals surface area contributed by atoms with E-state index in [1.165, 1.54) is 5.56 Å². The van der Waals surface area contributed by atoms with Crippen LogP contribution in [0, 0.1) is 34.6 Å². The minimum Gasteiger partial charge on any atom is -0.494 e. The molecule has 1 aliphatic carbocycles. The summed E-state index contributed by atoms with van der Waals surface area (Å²) in [5.41, 5.74) is 12.4. The second kappa shape index (κ2) is 11.9. The van der Waals surface area contributed by atoms with Crippen LogP contribution in [-0.2, 0) is 24.7 Å². The first-order valence-electron chi connectivity index (χ1n) is 14.1. The third kappa shape index (κ3) is 5.86. The molecular formula is C35H36Cl2N2O2. The van der Waals surface area contributed by atoms with E-state index >= 15 is 0 Å². The number of aromatic nitrogens is 2. The molecule has 1 aromatic heterocycles. The van der Waals surface area contributed by atoms with Crippen molar-refractivity contribution in [3.8, 4) is 16.9 Å². The van der Waals surface area contributed by atoms with Gasteiger partial charge in [-0.05, 0) is 99.0 Å². The largest absolute Gasteiger partial charge is 0.494 e. The number of fused-ring (bicyclic) bond motifs is 1. The summed E-state index contributed by atoms with van der Waals surface area (Å²) in [4.78, 5) is 13.9. The maximum Gasteiger partial charge on any atom is 0.163 e. The molecule has 0 spiro atoms. The lowest BCUT2D eigenvalue weighted by Crippen LogP contribution is -2.08. The summed E-state index contributed by atoms with van der Waals surface area (Å²) in [5, 5.41) is 6.11. The van der Waals surface area contributed by atoms with E-state index in [2.05, 4.69) is 37.1 Å². The van der Waals surface area contributed by atoms with Crippen LogP contribution in [-0.4, -0.2) is 22.2 Å². The van der Waals surface area contributed by atoms with E-state index < -0.39 is 0 Å². The van der Waals surface area contributed by atoms with Gasteiger partial charge in [0.2, 0.25) is 0 Å². The van der Waals surface area contributed by atoms with Crippen LogP contribution in [0.1, 0.15) is 57.6 Å². The lowest BCUT2D eigenvalue weighted by Gasteiger charge is -2.14. The molecule has 1 heterocycles. The Bertz CT molecular complexity index is 1660. The molecule has 41 heavy (non-hydrogen) atoms. The zero-order valence-corrected chi connectivity index (χ0v) is 26.1. The van der Waals surface area contributed by atoms with Crippen LogP contribution >= 0.6 is 23.2 Å². The van der Waals surface area contributed by atoms with E-state index in [0.29, 0.717) is 24.5 Å². The van der Waals surface area contributed by atoms with E-state index in [-0.39, 0.29) is 5.78 Å². The fraction of sp³-hybridized carbons (Fsp3) is 0.314. The lowest BCUT2D eigenvalue weighted by atomic mass is 9.93. The van der Waals surface area contributed by atoms with Crippen molar-refractivity contribution < 1.29 is 9.53 Å². The number of carbonyl (C=O) groups is 1. The van der Waals surface area contributed by atoms with E-state index in [1.807, 2.05) is 62.8 Å². The maximum atomic E-state index is 13.9. The molecule has 0 unspecified atom stereocenters. The lowest BCUT2D eigenvalue weighted by molar-refractivity contribution is -0.115. The van der Waals surface area contributed by atoms with E-state index in [9.17, 15) is 4.79 Å². The van der Waals surface area contributed by atoms with Crippen molar-refractivity contribution in [3.05, 3.63) is 109 Å². The molecule has 0 radical (unpaired) electrons. The van der Waals surface area contributed by atoms with Crippen molar-refractivity contribution in [2.75, 3.05) is 6.61 Å². The van der Waals surface area contributed by atoms with E-state index in [4.69, 9.17) is 27.9 Å². The summed E-state index contributed by atoms with van der Waals surface area (Å²) in [6.45, 7) is 10.7. The molecule has 6 heteroatoms. The van der Waals surface area contributed by atoms with Gasteiger partial charge < -0.3 is 4.74 Å². The molecule has 0 saturated heterocycles.